The third kappa shape index (κ3) is 4.46. The third-order valence-corrected chi connectivity index (χ3v) is 3.09. The highest BCUT2D eigenvalue weighted by Crippen LogP contribution is 2.25. The number of hydrogen-bond donors (Lipinski definition) is 1. The second-order valence-corrected chi connectivity index (χ2v) is 5.64. The van der Waals surface area contributed by atoms with E-state index in [1.807, 2.05) is 13.8 Å². The number of halogens is 2. The summed E-state index contributed by atoms with van der Waals surface area (Å²) in [6.07, 6.45) is 0. The van der Waals surface area contributed by atoms with Crippen LogP contribution >= 0.6 is 0 Å². The zero-order chi connectivity index (χ0) is 14.6. The fraction of sp³-hybridized carbons (Fsp3) is 0.600. The SMILES string of the molecule is CC(C)CNCc1cc(F)c(N(C)C(C)C)c(F)c1. The molecule has 0 fully saturated rings. The lowest BCUT2D eigenvalue weighted by Gasteiger charge is -2.25. The van der Waals surface area contributed by atoms with Gasteiger partial charge in [-0.05, 0) is 44.0 Å². The van der Waals surface area contributed by atoms with Crippen molar-refractivity contribution in [2.45, 2.75) is 40.3 Å². The molecule has 1 rings (SSSR count). The van der Waals surface area contributed by atoms with Gasteiger partial charge in [-0.15, -0.1) is 0 Å². The van der Waals surface area contributed by atoms with Crippen molar-refractivity contribution < 1.29 is 8.78 Å². The highest BCUT2D eigenvalue weighted by Gasteiger charge is 2.17. The second kappa shape index (κ2) is 6.85. The van der Waals surface area contributed by atoms with E-state index in [4.69, 9.17) is 0 Å². The molecule has 0 radical (unpaired) electrons. The fourth-order valence-corrected chi connectivity index (χ4v) is 1.82. The van der Waals surface area contributed by atoms with Crippen LogP contribution in [0.5, 0.6) is 0 Å². The predicted octanol–water partition coefficient (Wildman–Crippen LogP) is 3.56. The quantitative estimate of drug-likeness (QED) is 0.850. The first-order chi connectivity index (χ1) is 8.82. The number of nitrogens with one attached hydrogen (secondary N) is 1. The first-order valence-electron chi connectivity index (χ1n) is 6.74. The smallest absolute Gasteiger partial charge is 0.149 e. The Labute approximate surface area is 114 Å². The normalized spacial score (nSPS) is 11.4. The number of hydrogen-bond acceptors (Lipinski definition) is 2. The van der Waals surface area contributed by atoms with Crippen LogP contribution in [0.25, 0.3) is 0 Å². The van der Waals surface area contributed by atoms with Gasteiger partial charge >= 0.3 is 0 Å². The average molecular weight is 270 g/mol. The topological polar surface area (TPSA) is 15.3 Å². The average Bonchev–Trinajstić information content (AvgIpc) is 2.27. The van der Waals surface area contributed by atoms with E-state index in [1.165, 1.54) is 12.1 Å². The molecule has 0 unspecified atom stereocenters. The van der Waals surface area contributed by atoms with E-state index >= 15 is 0 Å². The van der Waals surface area contributed by atoms with Crippen molar-refractivity contribution in [3.63, 3.8) is 0 Å². The van der Waals surface area contributed by atoms with Crippen LogP contribution in [0.4, 0.5) is 14.5 Å². The molecule has 2 nitrogen and oxygen atoms in total. The van der Waals surface area contributed by atoms with Crippen molar-refractivity contribution in [2.75, 3.05) is 18.5 Å². The summed E-state index contributed by atoms with van der Waals surface area (Å²) in [6.45, 7) is 9.30. The highest BCUT2D eigenvalue weighted by atomic mass is 19.1. The lowest BCUT2D eigenvalue weighted by Crippen LogP contribution is -2.28. The summed E-state index contributed by atoms with van der Waals surface area (Å²) >= 11 is 0. The number of benzene rings is 1. The van der Waals surface area contributed by atoms with Crippen molar-refractivity contribution >= 4 is 5.69 Å². The van der Waals surface area contributed by atoms with E-state index in [0.29, 0.717) is 18.0 Å². The summed E-state index contributed by atoms with van der Waals surface area (Å²) < 4.78 is 28.0. The second-order valence-electron chi connectivity index (χ2n) is 5.64. The molecule has 19 heavy (non-hydrogen) atoms. The third-order valence-electron chi connectivity index (χ3n) is 3.09. The minimum atomic E-state index is -0.502. The van der Waals surface area contributed by atoms with Crippen LogP contribution in [0.15, 0.2) is 12.1 Å². The van der Waals surface area contributed by atoms with Crippen LogP contribution in [0.2, 0.25) is 0 Å². The molecule has 1 aromatic carbocycles. The van der Waals surface area contributed by atoms with Crippen molar-refractivity contribution in [1.29, 1.82) is 0 Å². The Balaban J connectivity index is 2.85. The summed E-state index contributed by atoms with van der Waals surface area (Å²) in [5, 5.41) is 3.18. The van der Waals surface area contributed by atoms with Crippen LogP contribution in [0, 0.1) is 17.6 Å². The molecule has 0 saturated heterocycles. The molecule has 0 aromatic heterocycles. The van der Waals surface area contributed by atoms with Gasteiger partial charge in [0.05, 0.1) is 0 Å². The maximum Gasteiger partial charge on any atom is 0.149 e. The first kappa shape index (κ1) is 15.9. The molecule has 0 heterocycles. The van der Waals surface area contributed by atoms with Crippen LogP contribution in [0.3, 0.4) is 0 Å². The van der Waals surface area contributed by atoms with Gasteiger partial charge in [-0.3, -0.25) is 0 Å². The Hall–Kier alpha value is -1.16. The Kier molecular flexibility index (Phi) is 5.73. The van der Waals surface area contributed by atoms with Gasteiger partial charge in [0.1, 0.15) is 17.3 Å². The number of nitrogens with zero attached hydrogens (tertiary/aromatic N) is 1. The van der Waals surface area contributed by atoms with Gasteiger partial charge in [0.2, 0.25) is 0 Å². The molecule has 1 N–H and O–H groups in total. The summed E-state index contributed by atoms with van der Waals surface area (Å²) in [5.74, 6) is -0.490. The van der Waals surface area contributed by atoms with Gasteiger partial charge in [0.25, 0.3) is 0 Å². The maximum atomic E-state index is 14.0. The van der Waals surface area contributed by atoms with E-state index in [2.05, 4.69) is 19.2 Å². The Bertz CT molecular complexity index is 394. The first-order valence-corrected chi connectivity index (χ1v) is 6.74. The van der Waals surface area contributed by atoms with Gasteiger partial charge in [0.15, 0.2) is 0 Å². The monoisotopic (exact) mass is 270 g/mol. The summed E-state index contributed by atoms with van der Waals surface area (Å²) in [7, 11) is 1.70. The Morgan fingerprint density at radius 2 is 1.63 bits per heavy atom. The van der Waals surface area contributed by atoms with Crippen LogP contribution < -0.4 is 10.2 Å². The molecule has 0 bridgehead atoms. The zero-order valence-corrected chi connectivity index (χ0v) is 12.4. The zero-order valence-electron chi connectivity index (χ0n) is 12.4. The van der Waals surface area contributed by atoms with E-state index in [9.17, 15) is 8.78 Å². The van der Waals surface area contributed by atoms with Crippen LogP contribution in [0.1, 0.15) is 33.3 Å². The summed E-state index contributed by atoms with van der Waals surface area (Å²) in [6, 6.07) is 2.86. The number of rotatable bonds is 6. The van der Waals surface area contributed by atoms with Crippen molar-refractivity contribution in [3.05, 3.63) is 29.3 Å². The number of anilines is 1. The van der Waals surface area contributed by atoms with Crippen molar-refractivity contribution in [2.24, 2.45) is 5.92 Å². The lowest BCUT2D eigenvalue weighted by atomic mass is 10.1. The lowest BCUT2D eigenvalue weighted by molar-refractivity contribution is 0.540. The van der Waals surface area contributed by atoms with Crippen LogP contribution in [-0.4, -0.2) is 19.6 Å². The fourth-order valence-electron chi connectivity index (χ4n) is 1.82. The molecule has 0 aliphatic heterocycles. The van der Waals surface area contributed by atoms with Gasteiger partial charge in [-0.25, -0.2) is 8.78 Å². The minimum absolute atomic E-state index is 0.0441. The molecule has 0 aliphatic carbocycles. The molecule has 0 spiro atoms. The van der Waals surface area contributed by atoms with E-state index in [1.54, 1.807) is 11.9 Å². The minimum Gasteiger partial charge on any atom is -0.367 e. The Morgan fingerprint density at radius 3 is 2.05 bits per heavy atom. The molecular formula is C15H24F2N2. The predicted molar refractivity (Wildman–Crippen MR) is 76.4 cm³/mol. The van der Waals surface area contributed by atoms with E-state index in [-0.39, 0.29) is 11.7 Å². The molecule has 0 saturated carbocycles. The van der Waals surface area contributed by atoms with Gasteiger partial charge < -0.3 is 10.2 Å². The van der Waals surface area contributed by atoms with Crippen molar-refractivity contribution in [1.82, 2.24) is 5.32 Å². The molecule has 108 valence electrons. The van der Waals surface area contributed by atoms with Gasteiger partial charge in [-0.2, -0.15) is 0 Å². The molecule has 0 aliphatic rings. The van der Waals surface area contributed by atoms with Gasteiger partial charge in [0, 0.05) is 19.6 Å². The standard InChI is InChI=1S/C15H24F2N2/c1-10(2)8-18-9-12-6-13(16)15(14(17)7-12)19(5)11(3)4/h6-7,10-11,18H,8-9H2,1-5H3. The largest absolute Gasteiger partial charge is 0.367 e. The molecular weight excluding hydrogens is 246 g/mol. The van der Waals surface area contributed by atoms with E-state index in [0.717, 1.165) is 6.54 Å². The molecule has 0 atom stereocenters. The molecule has 0 amide bonds. The van der Waals surface area contributed by atoms with Crippen molar-refractivity contribution in [3.8, 4) is 0 Å². The Morgan fingerprint density at radius 1 is 1.11 bits per heavy atom. The van der Waals surface area contributed by atoms with Gasteiger partial charge in [-0.1, -0.05) is 13.8 Å². The molecule has 1 aromatic rings. The molecule has 4 heteroatoms. The maximum absolute atomic E-state index is 14.0. The van der Waals surface area contributed by atoms with Crippen LogP contribution in [-0.2, 0) is 6.54 Å². The highest BCUT2D eigenvalue weighted by molar-refractivity contribution is 5.50. The van der Waals surface area contributed by atoms with E-state index < -0.39 is 11.6 Å². The summed E-state index contributed by atoms with van der Waals surface area (Å²) in [5.41, 5.74) is 0.680. The summed E-state index contributed by atoms with van der Waals surface area (Å²) in [4.78, 5) is 1.61.